The molecular formula is C36H24N2S2. The molecule has 0 saturated heterocycles. The van der Waals surface area contributed by atoms with Crippen molar-refractivity contribution in [2.75, 3.05) is 0 Å². The Balaban J connectivity index is 1.05. The molecule has 4 heteroatoms. The summed E-state index contributed by atoms with van der Waals surface area (Å²) in [4.78, 5) is 2.47. The smallest absolute Gasteiger partial charge is 0.0541 e. The van der Waals surface area contributed by atoms with Crippen molar-refractivity contribution in [2.45, 2.75) is 9.79 Å². The average molecular weight is 549 g/mol. The maximum absolute atomic E-state index is 2.36. The maximum Gasteiger partial charge on any atom is 0.0541 e. The summed E-state index contributed by atoms with van der Waals surface area (Å²) in [6.45, 7) is 0. The Morgan fingerprint density at radius 2 is 0.575 bits per heavy atom. The molecule has 2 nitrogen and oxygen atoms in total. The molecule has 0 atom stereocenters. The van der Waals surface area contributed by atoms with Crippen molar-refractivity contribution in [1.82, 2.24) is 9.13 Å². The molecule has 0 spiro atoms. The summed E-state index contributed by atoms with van der Waals surface area (Å²) in [6.07, 6.45) is 0. The quantitative estimate of drug-likeness (QED) is 0.198. The predicted octanol–water partition coefficient (Wildman–Crippen LogP) is 10.7. The fourth-order valence-electron chi connectivity index (χ4n) is 5.80. The molecule has 0 bridgehead atoms. The van der Waals surface area contributed by atoms with Crippen molar-refractivity contribution in [3.63, 3.8) is 0 Å². The van der Waals surface area contributed by atoms with E-state index in [4.69, 9.17) is 0 Å². The van der Waals surface area contributed by atoms with Gasteiger partial charge in [0.1, 0.15) is 0 Å². The lowest BCUT2D eigenvalue weighted by molar-refractivity contribution is 1.17. The molecule has 40 heavy (non-hydrogen) atoms. The lowest BCUT2D eigenvalue weighted by Gasteiger charge is -2.10. The number of rotatable bonds is 5. The molecule has 0 N–H and O–H groups in total. The molecule has 0 aliphatic rings. The van der Waals surface area contributed by atoms with Crippen molar-refractivity contribution in [3.8, 4) is 11.4 Å². The zero-order valence-electron chi connectivity index (χ0n) is 21.6. The summed E-state index contributed by atoms with van der Waals surface area (Å²) in [7, 11) is 3.59. The van der Waals surface area contributed by atoms with Gasteiger partial charge in [-0.05, 0) is 72.8 Å². The second kappa shape index (κ2) is 9.67. The monoisotopic (exact) mass is 548 g/mol. The molecule has 8 aromatic rings. The minimum Gasteiger partial charge on any atom is -0.309 e. The number of nitrogens with zero attached hydrogens (tertiary/aromatic N) is 2. The van der Waals surface area contributed by atoms with Crippen LogP contribution in [0.1, 0.15) is 0 Å². The number of para-hydroxylation sites is 4. The third kappa shape index (κ3) is 3.83. The molecule has 6 aromatic carbocycles. The van der Waals surface area contributed by atoms with Gasteiger partial charge in [0.2, 0.25) is 0 Å². The molecule has 0 fully saturated rings. The van der Waals surface area contributed by atoms with Gasteiger partial charge in [-0.1, -0.05) is 94.4 Å². The molecule has 8 rings (SSSR count). The van der Waals surface area contributed by atoms with E-state index in [1.165, 1.54) is 64.8 Å². The van der Waals surface area contributed by atoms with E-state index in [0.717, 1.165) is 0 Å². The second-order valence-electron chi connectivity index (χ2n) is 9.89. The highest BCUT2D eigenvalue weighted by atomic mass is 33.1. The molecule has 0 unspecified atom stereocenters. The van der Waals surface area contributed by atoms with Gasteiger partial charge in [0.05, 0.1) is 22.1 Å². The van der Waals surface area contributed by atoms with E-state index in [1.54, 1.807) is 21.6 Å². The summed E-state index contributed by atoms with van der Waals surface area (Å²) in [6, 6.07) is 52.4. The van der Waals surface area contributed by atoms with Crippen LogP contribution in [0.5, 0.6) is 0 Å². The van der Waals surface area contributed by atoms with E-state index < -0.39 is 0 Å². The van der Waals surface area contributed by atoms with Crippen LogP contribution in [0.4, 0.5) is 0 Å². The Kier molecular flexibility index (Phi) is 5.68. The third-order valence-electron chi connectivity index (χ3n) is 7.58. The summed E-state index contributed by atoms with van der Waals surface area (Å²) in [5.74, 6) is 0. The van der Waals surface area contributed by atoms with E-state index >= 15 is 0 Å². The minimum absolute atomic E-state index is 1.18. The Morgan fingerprint density at radius 1 is 0.300 bits per heavy atom. The van der Waals surface area contributed by atoms with Crippen molar-refractivity contribution < 1.29 is 0 Å². The lowest BCUT2D eigenvalue weighted by Crippen LogP contribution is -1.93. The summed E-state index contributed by atoms with van der Waals surface area (Å²) in [5, 5.41) is 5.15. The standard InChI is InChI=1S/C36H24N2S2/c1-5-13-33-29(9-1)30-10-2-6-14-34(30)37(33)25-17-21-27(22-18-25)39-40-28-23-19-26(20-24-28)38-35-15-7-3-11-31(35)32-12-4-8-16-36(32)38/h1-24H. The van der Waals surface area contributed by atoms with Crippen LogP contribution >= 0.6 is 21.6 Å². The van der Waals surface area contributed by atoms with Gasteiger partial charge in [-0.15, -0.1) is 0 Å². The van der Waals surface area contributed by atoms with Crippen LogP contribution in [0.3, 0.4) is 0 Å². The number of benzene rings is 6. The van der Waals surface area contributed by atoms with E-state index in [9.17, 15) is 0 Å². The largest absolute Gasteiger partial charge is 0.309 e. The average Bonchev–Trinajstić information content (AvgIpc) is 3.54. The van der Waals surface area contributed by atoms with E-state index in [2.05, 4.69) is 155 Å². The highest BCUT2D eigenvalue weighted by Gasteiger charge is 2.13. The van der Waals surface area contributed by atoms with Gasteiger partial charge >= 0.3 is 0 Å². The van der Waals surface area contributed by atoms with E-state index in [-0.39, 0.29) is 0 Å². The van der Waals surface area contributed by atoms with Crippen LogP contribution in [-0.4, -0.2) is 9.13 Å². The Morgan fingerprint density at radius 3 is 0.875 bits per heavy atom. The number of fused-ring (bicyclic) bond motifs is 6. The predicted molar refractivity (Wildman–Crippen MR) is 173 cm³/mol. The summed E-state index contributed by atoms with van der Waals surface area (Å²) >= 11 is 0. The highest BCUT2D eigenvalue weighted by Crippen LogP contribution is 2.39. The first-order valence-electron chi connectivity index (χ1n) is 13.4. The first-order chi connectivity index (χ1) is 19.8. The molecule has 0 saturated carbocycles. The SMILES string of the molecule is c1ccc2c(c1)c1ccccc1n2-c1ccc(SSc2ccc(-n3c4ccccc4c4ccccc43)cc2)cc1. The summed E-state index contributed by atoms with van der Waals surface area (Å²) < 4.78 is 4.72. The van der Waals surface area contributed by atoms with Gasteiger partial charge < -0.3 is 9.13 Å². The Bertz CT molecular complexity index is 1890. The van der Waals surface area contributed by atoms with Crippen LogP contribution in [0.25, 0.3) is 55.0 Å². The van der Waals surface area contributed by atoms with Crippen LogP contribution in [0.2, 0.25) is 0 Å². The van der Waals surface area contributed by atoms with Crippen LogP contribution in [0.15, 0.2) is 155 Å². The fraction of sp³-hybridized carbons (Fsp3) is 0. The van der Waals surface area contributed by atoms with Gasteiger partial charge in [-0.3, -0.25) is 0 Å². The third-order valence-corrected chi connectivity index (χ3v) is 10.0. The van der Waals surface area contributed by atoms with Gasteiger partial charge in [0.15, 0.2) is 0 Å². The van der Waals surface area contributed by atoms with Crippen LogP contribution < -0.4 is 0 Å². The van der Waals surface area contributed by atoms with Crippen LogP contribution in [-0.2, 0) is 0 Å². The zero-order chi connectivity index (χ0) is 26.5. The normalized spacial score (nSPS) is 11.7. The van der Waals surface area contributed by atoms with Crippen molar-refractivity contribution >= 4 is 65.2 Å². The van der Waals surface area contributed by atoms with Crippen molar-refractivity contribution in [3.05, 3.63) is 146 Å². The number of hydrogen-bond acceptors (Lipinski definition) is 2. The Hall–Kier alpha value is -4.38. The molecule has 0 radical (unpaired) electrons. The number of aromatic nitrogens is 2. The Labute approximate surface area is 240 Å². The van der Waals surface area contributed by atoms with E-state index in [1.807, 2.05) is 0 Å². The first-order valence-corrected chi connectivity index (χ1v) is 15.5. The topological polar surface area (TPSA) is 9.86 Å². The number of hydrogen-bond donors (Lipinski definition) is 0. The maximum atomic E-state index is 2.36. The van der Waals surface area contributed by atoms with Gasteiger partial charge in [0, 0.05) is 42.7 Å². The zero-order valence-corrected chi connectivity index (χ0v) is 23.2. The molecular weight excluding hydrogens is 525 g/mol. The second-order valence-corrected chi connectivity index (χ2v) is 12.2. The molecule has 0 aliphatic heterocycles. The highest BCUT2D eigenvalue weighted by molar-refractivity contribution is 8.76. The van der Waals surface area contributed by atoms with Gasteiger partial charge in [-0.2, -0.15) is 0 Å². The molecule has 2 heterocycles. The van der Waals surface area contributed by atoms with Crippen molar-refractivity contribution in [2.24, 2.45) is 0 Å². The molecule has 2 aromatic heterocycles. The molecule has 190 valence electrons. The fourth-order valence-corrected chi connectivity index (χ4v) is 7.73. The molecule has 0 amide bonds. The first kappa shape index (κ1) is 23.5. The van der Waals surface area contributed by atoms with E-state index in [0.29, 0.717) is 0 Å². The summed E-state index contributed by atoms with van der Waals surface area (Å²) in [5.41, 5.74) is 7.32. The van der Waals surface area contributed by atoms with Gasteiger partial charge in [-0.25, -0.2) is 0 Å². The minimum atomic E-state index is 1.18. The lowest BCUT2D eigenvalue weighted by atomic mass is 10.2. The van der Waals surface area contributed by atoms with Gasteiger partial charge in [0.25, 0.3) is 0 Å². The van der Waals surface area contributed by atoms with Crippen molar-refractivity contribution in [1.29, 1.82) is 0 Å². The molecule has 0 aliphatic carbocycles. The van der Waals surface area contributed by atoms with Crippen LogP contribution in [0, 0.1) is 0 Å².